The molecule has 0 aliphatic carbocycles. The topological polar surface area (TPSA) is 57.7 Å². The number of hydrogen-bond acceptors (Lipinski definition) is 4. The Morgan fingerprint density at radius 2 is 1.79 bits per heavy atom. The Bertz CT molecular complexity index is 638. The number of hydrogen-bond donors (Lipinski definition) is 0. The van der Waals surface area contributed by atoms with Gasteiger partial charge in [0.1, 0.15) is 4.21 Å². The minimum Gasteiger partial charge on any atom is -0.340 e. The summed E-state index contributed by atoms with van der Waals surface area (Å²) in [6, 6.07) is 3.13. The number of piperazine rings is 1. The molecule has 1 aromatic rings. The van der Waals surface area contributed by atoms with Crippen LogP contribution in [-0.4, -0.2) is 49.7 Å². The number of carbonyl (C=O) groups excluding carboxylic acids is 1. The highest BCUT2D eigenvalue weighted by Crippen LogP contribution is 2.28. The van der Waals surface area contributed by atoms with Crippen molar-refractivity contribution >= 4 is 38.9 Å². The Morgan fingerprint density at radius 3 is 2.38 bits per heavy atom. The Hall–Kier alpha value is -0.630. The van der Waals surface area contributed by atoms with E-state index < -0.39 is 10.0 Å². The minimum atomic E-state index is -3.49. The fourth-order valence-electron chi connectivity index (χ4n) is 2.78. The molecule has 0 bridgehead atoms. The lowest BCUT2D eigenvalue weighted by Crippen LogP contribution is -2.50. The molecule has 1 aromatic heterocycles. The van der Waals surface area contributed by atoms with E-state index in [-0.39, 0.29) is 10.1 Å². The predicted octanol–water partition coefficient (Wildman–Crippen LogP) is 3.59. The average Bonchev–Trinajstić information content (AvgIpc) is 3.02. The van der Waals surface area contributed by atoms with Gasteiger partial charge in [0.2, 0.25) is 5.91 Å². The maximum absolute atomic E-state index is 12.5. The van der Waals surface area contributed by atoms with Gasteiger partial charge in [-0.15, -0.1) is 11.3 Å². The molecular formula is C16H25ClN2O3S2. The van der Waals surface area contributed by atoms with Crippen LogP contribution in [0.25, 0.3) is 0 Å². The largest absolute Gasteiger partial charge is 0.340 e. The summed E-state index contributed by atoms with van der Waals surface area (Å²) >= 11 is 6.90. The van der Waals surface area contributed by atoms with E-state index in [9.17, 15) is 13.2 Å². The van der Waals surface area contributed by atoms with E-state index in [1.54, 1.807) is 11.0 Å². The molecule has 24 heavy (non-hydrogen) atoms. The highest BCUT2D eigenvalue weighted by Gasteiger charge is 2.30. The highest BCUT2D eigenvalue weighted by atomic mass is 35.5. The summed E-state index contributed by atoms with van der Waals surface area (Å²) in [4.78, 5) is 14.0. The number of carbonyl (C=O) groups is 1. The van der Waals surface area contributed by atoms with E-state index in [2.05, 4.69) is 6.92 Å². The van der Waals surface area contributed by atoms with Crippen molar-refractivity contribution in [2.45, 2.75) is 49.7 Å². The fourth-order valence-corrected chi connectivity index (χ4v) is 5.84. The zero-order chi connectivity index (χ0) is 17.6. The van der Waals surface area contributed by atoms with Gasteiger partial charge in [0.25, 0.3) is 10.0 Å². The molecule has 1 fully saturated rings. The maximum atomic E-state index is 12.5. The van der Waals surface area contributed by atoms with Crippen molar-refractivity contribution in [2.24, 2.45) is 0 Å². The van der Waals surface area contributed by atoms with Crippen LogP contribution < -0.4 is 0 Å². The second-order valence-corrected chi connectivity index (χ2v) is 9.89. The molecule has 1 aliphatic heterocycles. The molecule has 0 radical (unpaired) electrons. The van der Waals surface area contributed by atoms with Gasteiger partial charge in [0.15, 0.2) is 0 Å². The number of amides is 1. The molecule has 0 saturated carbocycles. The van der Waals surface area contributed by atoms with Gasteiger partial charge >= 0.3 is 0 Å². The Balaban J connectivity index is 1.79. The first-order valence-corrected chi connectivity index (χ1v) is 11.1. The molecule has 1 saturated heterocycles. The van der Waals surface area contributed by atoms with E-state index in [1.807, 2.05) is 0 Å². The van der Waals surface area contributed by atoms with Crippen molar-refractivity contribution in [3.8, 4) is 0 Å². The Kier molecular flexibility index (Phi) is 7.53. The molecule has 8 heteroatoms. The number of unbranched alkanes of at least 4 members (excludes halogenated alkanes) is 4. The van der Waals surface area contributed by atoms with Crippen LogP contribution in [0.5, 0.6) is 0 Å². The van der Waals surface area contributed by atoms with Crippen LogP contribution in [0.2, 0.25) is 4.34 Å². The van der Waals surface area contributed by atoms with Crippen LogP contribution in [0, 0.1) is 0 Å². The van der Waals surface area contributed by atoms with E-state index in [0.29, 0.717) is 36.9 Å². The number of nitrogens with zero attached hydrogens (tertiary/aromatic N) is 2. The number of sulfonamides is 1. The van der Waals surface area contributed by atoms with Gasteiger partial charge in [0, 0.05) is 32.6 Å². The van der Waals surface area contributed by atoms with Crippen molar-refractivity contribution in [1.29, 1.82) is 0 Å². The number of rotatable bonds is 8. The van der Waals surface area contributed by atoms with Crippen LogP contribution in [0.3, 0.4) is 0 Å². The molecule has 2 rings (SSSR count). The average molecular weight is 393 g/mol. The van der Waals surface area contributed by atoms with E-state index in [4.69, 9.17) is 11.6 Å². The second kappa shape index (κ2) is 9.17. The quantitative estimate of drug-likeness (QED) is 0.635. The maximum Gasteiger partial charge on any atom is 0.252 e. The first-order valence-electron chi connectivity index (χ1n) is 8.48. The van der Waals surface area contributed by atoms with Crippen molar-refractivity contribution in [3.63, 3.8) is 0 Å². The molecule has 1 amide bonds. The molecule has 1 aliphatic rings. The number of thiophene rings is 1. The molecule has 136 valence electrons. The van der Waals surface area contributed by atoms with E-state index in [1.165, 1.54) is 29.6 Å². The third-order valence-electron chi connectivity index (χ3n) is 4.23. The zero-order valence-corrected chi connectivity index (χ0v) is 16.4. The molecule has 2 heterocycles. The predicted molar refractivity (Wildman–Crippen MR) is 98.0 cm³/mol. The van der Waals surface area contributed by atoms with Gasteiger partial charge < -0.3 is 4.90 Å². The summed E-state index contributed by atoms with van der Waals surface area (Å²) in [5.74, 6) is 0.141. The highest BCUT2D eigenvalue weighted by molar-refractivity contribution is 7.91. The molecule has 5 nitrogen and oxygen atoms in total. The van der Waals surface area contributed by atoms with Crippen molar-refractivity contribution in [1.82, 2.24) is 9.21 Å². The molecule has 0 N–H and O–H groups in total. The minimum absolute atomic E-state index is 0.141. The first-order chi connectivity index (χ1) is 11.4. The first kappa shape index (κ1) is 19.7. The van der Waals surface area contributed by atoms with E-state index >= 15 is 0 Å². The van der Waals surface area contributed by atoms with Gasteiger partial charge in [-0.3, -0.25) is 4.79 Å². The summed E-state index contributed by atoms with van der Waals surface area (Å²) in [7, 11) is -3.49. The fraction of sp³-hybridized carbons (Fsp3) is 0.688. The second-order valence-electron chi connectivity index (χ2n) is 6.01. The van der Waals surface area contributed by atoms with Crippen LogP contribution in [0.15, 0.2) is 16.3 Å². The lowest BCUT2D eigenvalue weighted by molar-refractivity contribution is -0.132. The third-order valence-corrected chi connectivity index (χ3v) is 7.83. The van der Waals surface area contributed by atoms with Crippen LogP contribution >= 0.6 is 22.9 Å². The molecule has 0 aromatic carbocycles. The third kappa shape index (κ3) is 5.18. The van der Waals surface area contributed by atoms with Gasteiger partial charge in [0.05, 0.1) is 4.34 Å². The normalized spacial score (nSPS) is 16.5. The van der Waals surface area contributed by atoms with Gasteiger partial charge in [-0.2, -0.15) is 4.31 Å². The van der Waals surface area contributed by atoms with E-state index in [0.717, 1.165) is 24.2 Å². The lowest BCUT2D eigenvalue weighted by Gasteiger charge is -2.33. The van der Waals surface area contributed by atoms with Crippen LogP contribution in [-0.2, 0) is 14.8 Å². The van der Waals surface area contributed by atoms with Gasteiger partial charge in [-0.05, 0) is 18.6 Å². The van der Waals surface area contributed by atoms with Crippen molar-refractivity contribution in [3.05, 3.63) is 16.5 Å². The smallest absolute Gasteiger partial charge is 0.252 e. The van der Waals surface area contributed by atoms with Crippen LogP contribution in [0.4, 0.5) is 0 Å². The van der Waals surface area contributed by atoms with Crippen molar-refractivity contribution in [2.75, 3.05) is 26.2 Å². The summed E-state index contributed by atoms with van der Waals surface area (Å²) < 4.78 is 27.2. The molecule has 0 atom stereocenters. The summed E-state index contributed by atoms with van der Waals surface area (Å²) in [6.45, 7) is 3.79. The summed E-state index contributed by atoms with van der Waals surface area (Å²) in [5, 5.41) is 0. The lowest BCUT2D eigenvalue weighted by atomic mass is 10.1. The van der Waals surface area contributed by atoms with Crippen LogP contribution in [0.1, 0.15) is 45.4 Å². The monoisotopic (exact) mass is 392 g/mol. The van der Waals surface area contributed by atoms with Gasteiger partial charge in [-0.25, -0.2) is 8.42 Å². The molecular weight excluding hydrogens is 368 g/mol. The SMILES string of the molecule is CCCCCCCC(=O)N1CCN(S(=O)(=O)c2ccc(Cl)s2)CC1. The zero-order valence-electron chi connectivity index (χ0n) is 14.0. The molecule has 0 spiro atoms. The Labute approximate surface area is 153 Å². The Morgan fingerprint density at radius 1 is 1.12 bits per heavy atom. The van der Waals surface area contributed by atoms with Crippen molar-refractivity contribution < 1.29 is 13.2 Å². The number of halogens is 1. The molecule has 0 unspecified atom stereocenters. The van der Waals surface area contributed by atoms with Gasteiger partial charge in [-0.1, -0.05) is 44.2 Å². The standard InChI is InChI=1S/C16H25ClN2O3S2/c1-2-3-4-5-6-7-15(20)18-10-12-19(13-11-18)24(21,22)16-9-8-14(17)23-16/h8-9H,2-7,10-13H2,1H3. The summed E-state index contributed by atoms with van der Waals surface area (Å²) in [5.41, 5.74) is 0. The summed E-state index contributed by atoms with van der Waals surface area (Å²) in [6.07, 6.45) is 6.17.